The van der Waals surface area contributed by atoms with Crippen molar-refractivity contribution in [2.45, 2.75) is 6.23 Å². The van der Waals surface area contributed by atoms with Crippen molar-refractivity contribution < 1.29 is 9.13 Å². The lowest BCUT2D eigenvalue weighted by atomic mass is 10.1. The Bertz CT molecular complexity index is 1390. The number of methoxy groups -OCH3 is 1. The quantitative estimate of drug-likeness (QED) is 0.421. The molecule has 1 aliphatic rings. The molecule has 0 saturated heterocycles. The van der Waals surface area contributed by atoms with Gasteiger partial charge in [0.1, 0.15) is 23.0 Å². The van der Waals surface area contributed by atoms with Gasteiger partial charge in [0.25, 0.3) is 0 Å². The van der Waals surface area contributed by atoms with Gasteiger partial charge < -0.3 is 4.74 Å². The maximum Gasteiger partial charge on any atom is 0.179 e. The van der Waals surface area contributed by atoms with Crippen LogP contribution in [0.1, 0.15) is 11.9 Å². The first-order valence-electron chi connectivity index (χ1n) is 9.70. The first-order chi connectivity index (χ1) is 14.8. The minimum atomic E-state index is -0.391. The van der Waals surface area contributed by atoms with E-state index in [9.17, 15) is 4.39 Å². The smallest absolute Gasteiger partial charge is 0.179 e. The molecule has 0 N–H and O–H groups in total. The zero-order chi connectivity index (χ0) is 20.2. The molecule has 146 valence electrons. The van der Waals surface area contributed by atoms with Crippen molar-refractivity contribution >= 4 is 11.0 Å². The predicted octanol–water partition coefficient (Wildman–Crippen LogP) is 5.20. The number of nitrogens with zero attached hydrogens (tertiary/aromatic N) is 4. The van der Waals surface area contributed by atoms with Crippen LogP contribution in [-0.2, 0) is 4.74 Å². The van der Waals surface area contributed by atoms with Gasteiger partial charge in [0, 0.05) is 12.7 Å². The Labute approximate surface area is 172 Å². The number of aromatic nitrogens is 4. The summed E-state index contributed by atoms with van der Waals surface area (Å²) in [6.45, 7) is 0. The van der Waals surface area contributed by atoms with Crippen LogP contribution >= 0.6 is 0 Å². The molecular formula is C24H17FN4O. The Morgan fingerprint density at radius 3 is 2.40 bits per heavy atom. The molecule has 0 amide bonds. The third kappa shape index (κ3) is 2.31. The average molecular weight is 396 g/mol. The average Bonchev–Trinajstić information content (AvgIpc) is 3.43. The number of ether oxygens (including phenoxy) is 1. The van der Waals surface area contributed by atoms with Crippen molar-refractivity contribution in [3.05, 3.63) is 90.4 Å². The number of benzene rings is 3. The number of halogens is 1. The maximum atomic E-state index is 13.6. The van der Waals surface area contributed by atoms with E-state index in [1.807, 2.05) is 59.3 Å². The van der Waals surface area contributed by atoms with Gasteiger partial charge in [0.05, 0.1) is 22.3 Å². The molecule has 30 heavy (non-hydrogen) atoms. The third-order valence-corrected chi connectivity index (χ3v) is 5.55. The van der Waals surface area contributed by atoms with Crippen LogP contribution in [0.4, 0.5) is 4.39 Å². The summed E-state index contributed by atoms with van der Waals surface area (Å²) in [6, 6.07) is 24.4. The molecule has 0 radical (unpaired) electrons. The minimum Gasteiger partial charge on any atom is -0.355 e. The Kier molecular flexibility index (Phi) is 3.63. The number of imidazole rings is 1. The molecule has 0 fully saturated rings. The number of para-hydroxylation sites is 2. The SMILES string of the molecule is CO[C@H]1c2c(c(-c3ccccc3)nn2-c2ccc(F)cc2)-c2nc3ccccc3n21. The van der Waals surface area contributed by atoms with Crippen LogP contribution in [0.2, 0.25) is 0 Å². The van der Waals surface area contributed by atoms with E-state index in [1.54, 1.807) is 19.2 Å². The van der Waals surface area contributed by atoms with Crippen LogP contribution in [0.25, 0.3) is 39.4 Å². The third-order valence-electron chi connectivity index (χ3n) is 5.55. The molecule has 0 unspecified atom stereocenters. The number of fused-ring (bicyclic) bond motifs is 5. The largest absolute Gasteiger partial charge is 0.355 e. The Balaban J connectivity index is 1.70. The van der Waals surface area contributed by atoms with Gasteiger partial charge in [0.2, 0.25) is 0 Å². The van der Waals surface area contributed by atoms with Crippen molar-refractivity contribution in [1.29, 1.82) is 0 Å². The van der Waals surface area contributed by atoms with Crippen molar-refractivity contribution in [1.82, 2.24) is 19.3 Å². The molecular weight excluding hydrogens is 379 g/mol. The monoisotopic (exact) mass is 396 g/mol. The fourth-order valence-corrected chi connectivity index (χ4v) is 4.25. The van der Waals surface area contributed by atoms with Gasteiger partial charge in [-0.15, -0.1) is 0 Å². The van der Waals surface area contributed by atoms with Gasteiger partial charge in [-0.05, 0) is 36.4 Å². The summed E-state index contributed by atoms with van der Waals surface area (Å²) < 4.78 is 23.5. The second kappa shape index (κ2) is 6.37. The van der Waals surface area contributed by atoms with Crippen molar-refractivity contribution in [2.75, 3.05) is 7.11 Å². The molecule has 6 rings (SSSR count). The van der Waals surface area contributed by atoms with Crippen LogP contribution < -0.4 is 0 Å². The fraction of sp³-hybridized carbons (Fsp3) is 0.0833. The van der Waals surface area contributed by atoms with Crippen LogP contribution in [0.5, 0.6) is 0 Å². The standard InChI is InChI=1S/C24H17FN4O/c1-30-24-22-20(23-26-18-9-5-6-10-19(18)28(23)24)21(15-7-3-2-4-8-15)27-29(22)17-13-11-16(25)12-14-17/h2-14,24H,1H3/t24-/m0/s1. The summed E-state index contributed by atoms with van der Waals surface area (Å²) in [5.41, 5.74) is 6.32. The van der Waals surface area contributed by atoms with E-state index in [2.05, 4.69) is 4.57 Å². The number of hydrogen-bond donors (Lipinski definition) is 0. The molecule has 0 spiro atoms. The van der Waals surface area contributed by atoms with Crippen LogP contribution in [0.3, 0.4) is 0 Å². The molecule has 5 nitrogen and oxygen atoms in total. The summed E-state index contributed by atoms with van der Waals surface area (Å²) in [5, 5.41) is 4.93. The second-order valence-electron chi connectivity index (χ2n) is 7.25. The van der Waals surface area contributed by atoms with Gasteiger partial charge in [-0.3, -0.25) is 4.57 Å². The van der Waals surface area contributed by atoms with Crippen molar-refractivity contribution in [3.8, 4) is 28.3 Å². The van der Waals surface area contributed by atoms with Crippen LogP contribution in [0, 0.1) is 5.82 Å². The highest BCUT2D eigenvalue weighted by Gasteiger charge is 2.39. The van der Waals surface area contributed by atoms with Crippen molar-refractivity contribution in [3.63, 3.8) is 0 Å². The Morgan fingerprint density at radius 2 is 1.63 bits per heavy atom. The van der Waals surface area contributed by atoms with Gasteiger partial charge in [-0.1, -0.05) is 42.5 Å². The zero-order valence-corrected chi connectivity index (χ0v) is 16.2. The highest BCUT2D eigenvalue weighted by atomic mass is 19.1. The molecule has 3 heterocycles. The van der Waals surface area contributed by atoms with E-state index in [0.29, 0.717) is 0 Å². The summed E-state index contributed by atoms with van der Waals surface area (Å²) in [7, 11) is 1.68. The Hall–Kier alpha value is -3.77. The van der Waals surface area contributed by atoms with Gasteiger partial charge in [-0.25, -0.2) is 14.1 Å². The Morgan fingerprint density at radius 1 is 0.900 bits per heavy atom. The lowest BCUT2D eigenvalue weighted by Gasteiger charge is -2.16. The van der Waals surface area contributed by atoms with E-state index in [4.69, 9.17) is 14.8 Å². The highest BCUT2D eigenvalue weighted by Crippen LogP contribution is 2.47. The lowest BCUT2D eigenvalue weighted by Crippen LogP contribution is -2.13. The fourth-order valence-electron chi connectivity index (χ4n) is 4.25. The molecule has 0 bridgehead atoms. The molecule has 1 atom stereocenters. The number of hydrogen-bond acceptors (Lipinski definition) is 3. The molecule has 3 aromatic carbocycles. The predicted molar refractivity (Wildman–Crippen MR) is 113 cm³/mol. The normalized spacial score (nSPS) is 14.8. The summed E-state index contributed by atoms with van der Waals surface area (Å²) in [5.74, 6) is 0.540. The summed E-state index contributed by atoms with van der Waals surface area (Å²) >= 11 is 0. The first kappa shape index (κ1) is 17.1. The highest BCUT2D eigenvalue weighted by molar-refractivity contribution is 5.89. The van der Waals surface area contributed by atoms with E-state index in [1.165, 1.54) is 12.1 Å². The molecule has 5 aromatic rings. The first-order valence-corrected chi connectivity index (χ1v) is 9.70. The van der Waals surface area contributed by atoms with E-state index in [0.717, 1.165) is 45.1 Å². The summed E-state index contributed by atoms with van der Waals surface area (Å²) in [6.07, 6.45) is -0.391. The topological polar surface area (TPSA) is 44.9 Å². The number of rotatable bonds is 3. The van der Waals surface area contributed by atoms with E-state index < -0.39 is 6.23 Å². The molecule has 6 heteroatoms. The zero-order valence-electron chi connectivity index (χ0n) is 16.2. The molecule has 2 aromatic heterocycles. The van der Waals surface area contributed by atoms with E-state index in [-0.39, 0.29) is 5.82 Å². The summed E-state index contributed by atoms with van der Waals surface area (Å²) in [4.78, 5) is 4.91. The molecule has 1 aliphatic heterocycles. The molecule has 0 saturated carbocycles. The van der Waals surface area contributed by atoms with Crippen LogP contribution in [-0.4, -0.2) is 26.4 Å². The minimum absolute atomic E-state index is 0.284. The second-order valence-corrected chi connectivity index (χ2v) is 7.25. The molecule has 0 aliphatic carbocycles. The van der Waals surface area contributed by atoms with Gasteiger partial charge in [0.15, 0.2) is 6.23 Å². The van der Waals surface area contributed by atoms with Gasteiger partial charge >= 0.3 is 0 Å². The van der Waals surface area contributed by atoms with Crippen LogP contribution in [0.15, 0.2) is 78.9 Å². The lowest BCUT2D eigenvalue weighted by molar-refractivity contribution is 0.0829. The van der Waals surface area contributed by atoms with Gasteiger partial charge in [-0.2, -0.15) is 5.10 Å². The van der Waals surface area contributed by atoms with Crippen molar-refractivity contribution in [2.24, 2.45) is 0 Å². The maximum absolute atomic E-state index is 13.6. The van der Waals surface area contributed by atoms with E-state index >= 15 is 0 Å².